The van der Waals surface area contributed by atoms with Crippen molar-refractivity contribution in [1.82, 2.24) is 18.8 Å². The molecule has 0 amide bonds. The average Bonchev–Trinajstić information content (AvgIpc) is 2.89. The number of nitrogens with zero attached hydrogens (tertiary/aromatic N) is 4. The summed E-state index contributed by atoms with van der Waals surface area (Å²) in [6.07, 6.45) is 8.29. The smallest absolute Gasteiger partial charge is 0.211 e. The maximum absolute atomic E-state index is 11.6. The number of hydrogen-bond acceptors (Lipinski definition) is 4. The largest absolute Gasteiger partial charge is 0.325 e. The van der Waals surface area contributed by atoms with E-state index in [0.717, 1.165) is 29.9 Å². The minimum atomic E-state index is -3.09. The number of rotatable bonds is 3. The summed E-state index contributed by atoms with van der Waals surface area (Å²) in [5.74, 6) is 0.928. The summed E-state index contributed by atoms with van der Waals surface area (Å²) in [6, 6.07) is 4.18. The lowest BCUT2D eigenvalue weighted by atomic mass is 10.1. The van der Waals surface area contributed by atoms with E-state index in [1.807, 2.05) is 25.3 Å². The van der Waals surface area contributed by atoms with Gasteiger partial charge in [0.2, 0.25) is 10.0 Å². The highest BCUT2D eigenvalue weighted by atomic mass is 32.2. The van der Waals surface area contributed by atoms with Gasteiger partial charge in [-0.3, -0.25) is 4.98 Å². The van der Waals surface area contributed by atoms with Gasteiger partial charge in [-0.2, -0.15) is 0 Å². The van der Waals surface area contributed by atoms with E-state index in [1.165, 1.54) is 6.26 Å². The zero-order chi connectivity index (χ0) is 15.7. The molecule has 1 aliphatic heterocycles. The molecule has 1 saturated heterocycles. The molecule has 0 radical (unpaired) electrons. The first kappa shape index (κ1) is 15.2. The van der Waals surface area contributed by atoms with Crippen LogP contribution in [0, 0.1) is 6.92 Å². The molecule has 0 atom stereocenters. The van der Waals surface area contributed by atoms with Crippen molar-refractivity contribution in [3.05, 3.63) is 36.4 Å². The summed E-state index contributed by atoms with van der Waals surface area (Å²) in [5, 5.41) is 0. The summed E-state index contributed by atoms with van der Waals surface area (Å²) >= 11 is 0. The van der Waals surface area contributed by atoms with E-state index in [1.54, 1.807) is 16.7 Å². The van der Waals surface area contributed by atoms with Gasteiger partial charge < -0.3 is 4.57 Å². The Labute approximate surface area is 130 Å². The van der Waals surface area contributed by atoms with Gasteiger partial charge in [-0.1, -0.05) is 0 Å². The lowest BCUT2D eigenvalue weighted by Gasteiger charge is -2.32. The minimum Gasteiger partial charge on any atom is -0.325 e. The Balaban J connectivity index is 1.87. The van der Waals surface area contributed by atoms with Gasteiger partial charge in [0, 0.05) is 49.0 Å². The average molecular weight is 320 g/mol. The van der Waals surface area contributed by atoms with Crippen LogP contribution in [0.5, 0.6) is 0 Å². The van der Waals surface area contributed by atoms with Crippen LogP contribution in [-0.2, 0) is 10.0 Å². The highest BCUT2D eigenvalue weighted by Crippen LogP contribution is 2.30. The van der Waals surface area contributed by atoms with Gasteiger partial charge in [0.15, 0.2) is 0 Å². The Bertz CT molecular complexity index is 747. The lowest BCUT2D eigenvalue weighted by Crippen LogP contribution is -2.38. The third kappa shape index (κ3) is 2.91. The number of aryl methyl sites for hydroxylation is 1. The van der Waals surface area contributed by atoms with Crippen LogP contribution in [0.2, 0.25) is 0 Å². The number of hydrogen-bond donors (Lipinski definition) is 0. The van der Waals surface area contributed by atoms with E-state index in [-0.39, 0.29) is 6.04 Å². The molecule has 2 aromatic rings. The SMILES string of the molecule is Cc1cnc(-c2ccncc2)n1C1CCN(S(C)(=O)=O)CC1. The first-order valence-corrected chi connectivity index (χ1v) is 9.21. The van der Waals surface area contributed by atoms with E-state index in [4.69, 9.17) is 0 Å². The summed E-state index contributed by atoms with van der Waals surface area (Å²) in [5.41, 5.74) is 2.14. The number of aromatic nitrogens is 3. The van der Waals surface area contributed by atoms with E-state index < -0.39 is 10.0 Å². The molecule has 118 valence electrons. The van der Waals surface area contributed by atoms with Crippen LogP contribution in [0.25, 0.3) is 11.4 Å². The van der Waals surface area contributed by atoms with Crippen molar-refractivity contribution in [3.63, 3.8) is 0 Å². The van der Waals surface area contributed by atoms with Crippen LogP contribution >= 0.6 is 0 Å². The predicted octanol–water partition coefficient (Wildman–Crippen LogP) is 1.85. The monoisotopic (exact) mass is 320 g/mol. The summed E-state index contributed by atoms with van der Waals surface area (Å²) in [6.45, 7) is 3.18. The van der Waals surface area contributed by atoms with Crippen molar-refractivity contribution in [2.75, 3.05) is 19.3 Å². The molecular formula is C15H20N4O2S. The second-order valence-corrected chi connectivity index (χ2v) is 7.70. The lowest BCUT2D eigenvalue weighted by molar-refractivity contribution is 0.274. The molecule has 0 aliphatic carbocycles. The molecule has 0 spiro atoms. The van der Waals surface area contributed by atoms with Gasteiger partial charge in [0.1, 0.15) is 5.82 Å². The highest BCUT2D eigenvalue weighted by Gasteiger charge is 2.27. The van der Waals surface area contributed by atoms with E-state index in [0.29, 0.717) is 13.1 Å². The Hall–Kier alpha value is -1.73. The van der Waals surface area contributed by atoms with Gasteiger partial charge in [-0.05, 0) is 31.9 Å². The first-order valence-electron chi connectivity index (χ1n) is 7.36. The normalized spacial score (nSPS) is 17.7. The Morgan fingerprint density at radius 2 is 1.82 bits per heavy atom. The number of pyridine rings is 1. The van der Waals surface area contributed by atoms with Crippen molar-refractivity contribution in [2.24, 2.45) is 0 Å². The minimum absolute atomic E-state index is 0.281. The third-order valence-electron chi connectivity index (χ3n) is 4.18. The second kappa shape index (κ2) is 5.81. The van der Waals surface area contributed by atoms with Gasteiger partial charge in [0.05, 0.1) is 6.26 Å². The highest BCUT2D eigenvalue weighted by molar-refractivity contribution is 7.88. The van der Waals surface area contributed by atoms with Crippen molar-refractivity contribution in [2.45, 2.75) is 25.8 Å². The van der Waals surface area contributed by atoms with E-state index in [9.17, 15) is 8.42 Å². The molecule has 3 heterocycles. The van der Waals surface area contributed by atoms with E-state index in [2.05, 4.69) is 14.5 Å². The maximum atomic E-state index is 11.6. The Morgan fingerprint density at radius 3 is 2.41 bits per heavy atom. The predicted molar refractivity (Wildman–Crippen MR) is 84.9 cm³/mol. The standard InChI is InChI=1S/C15H20N4O2S/c1-12-11-17-15(13-3-7-16-8-4-13)19(12)14-5-9-18(10-6-14)22(2,20)21/h3-4,7-8,11,14H,5-6,9-10H2,1-2H3. The van der Waals surface area contributed by atoms with Gasteiger partial charge >= 0.3 is 0 Å². The topological polar surface area (TPSA) is 68.1 Å². The van der Waals surface area contributed by atoms with Gasteiger partial charge in [-0.25, -0.2) is 17.7 Å². The fourth-order valence-electron chi connectivity index (χ4n) is 3.05. The van der Waals surface area contributed by atoms with Crippen LogP contribution < -0.4 is 0 Å². The number of sulfonamides is 1. The molecule has 1 aliphatic rings. The van der Waals surface area contributed by atoms with Crippen LogP contribution in [0.1, 0.15) is 24.6 Å². The second-order valence-electron chi connectivity index (χ2n) is 5.72. The van der Waals surface area contributed by atoms with Crippen LogP contribution in [0.3, 0.4) is 0 Å². The molecule has 7 heteroatoms. The fraction of sp³-hybridized carbons (Fsp3) is 0.467. The molecule has 3 rings (SSSR count). The summed E-state index contributed by atoms with van der Waals surface area (Å²) in [4.78, 5) is 8.58. The third-order valence-corrected chi connectivity index (χ3v) is 5.48. The van der Waals surface area contributed by atoms with Crippen molar-refractivity contribution in [3.8, 4) is 11.4 Å². The maximum Gasteiger partial charge on any atom is 0.211 e. The summed E-state index contributed by atoms with van der Waals surface area (Å²) < 4.78 is 27.1. The molecule has 0 unspecified atom stereocenters. The molecule has 6 nitrogen and oxygen atoms in total. The molecule has 0 N–H and O–H groups in total. The number of piperidine rings is 1. The zero-order valence-electron chi connectivity index (χ0n) is 12.8. The molecule has 1 fully saturated rings. The van der Waals surface area contributed by atoms with Crippen molar-refractivity contribution in [1.29, 1.82) is 0 Å². The number of imidazole rings is 1. The van der Waals surface area contributed by atoms with Crippen molar-refractivity contribution >= 4 is 10.0 Å². The molecule has 0 aromatic carbocycles. The molecule has 22 heavy (non-hydrogen) atoms. The van der Waals surface area contributed by atoms with Crippen molar-refractivity contribution < 1.29 is 8.42 Å². The Kier molecular flexibility index (Phi) is 4.01. The van der Waals surface area contributed by atoms with Crippen LogP contribution in [0.15, 0.2) is 30.7 Å². The summed E-state index contributed by atoms with van der Waals surface area (Å²) in [7, 11) is -3.09. The molecule has 2 aromatic heterocycles. The molecule has 0 saturated carbocycles. The van der Waals surface area contributed by atoms with E-state index >= 15 is 0 Å². The van der Waals surface area contributed by atoms with Crippen LogP contribution in [0.4, 0.5) is 0 Å². The van der Waals surface area contributed by atoms with Gasteiger partial charge in [0.25, 0.3) is 0 Å². The molecular weight excluding hydrogens is 300 g/mol. The molecule has 0 bridgehead atoms. The van der Waals surface area contributed by atoms with Gasteiger partial charge in [-0.15, -0.1) is 0 Å². The van der Waals surface area contributed by atoms with Crippen LogP contribution in [-0.4, -0.2) is 46.6 Å². The Morgan fingerprint density at radius 1 is 1.18 bits per heavy atom. The first-order chi connectivity index (χ1) is 10.5. The zero-order valence-corrected chi connectivity index (χ0v) is 13.6. The quantitative estimate of drug-likeness (QED) is 0.865. The fourth-order valence-corrected chi connectivity index (χ4v) is 3.93.